The summed E-state index contributed by atoms with van der Waals surface area (Å²) in [4.78, 5) is 38.6. The first kappa shape index (κ1) is 20.5. The molecule has 0 bridgehead atoms. The number of carboxylic acid groups (broad SMARTS) is 1. The van der Waals surface area contributed by atoms with Gasteiger partial charge in [0.25, 0.3) is 0 Å². The van der Waals surface area contributed by atoms with Gasteiger partial charge in [-0.1, -0.05) is 0 Å². The van der Waals surface area contributed by atoms with E-state index in [4.69, 9.17) is 15.9 Å². The minimum atomic E-state index is -1.16. The Labute approximate surface area is 166 Å². The van der Waals surface area contributed by atoms with Crippen LogP contribution in [0.1, 0.15) is 26.7 Å². The number of rotatable bonds is 6. The van der Waals surface area contributed by atoms with Gasteiger partial charge in [-0.15, -0.1) is 11.8 Å². The maximum Gasteiger partial charge on any atom is 0.404 e. The van der Waals surface area contributed by atoms with Gasteiger partial charge in [0.05, 0.1) is 29.9 Å². The number of aliphatic carboxylic acids is 1. The second kappa shape index (κ2) is 7.63. The predicted octanol–water partition coefficient (Wildman–Crippen LogP) is 0.163. The topological polar surface area (TPSA) is 157 Å². The number of aliphatic hydroxyl groups excluding tert-OH is 1. The number of thioether (sulfide) groups is 1. The van der Waals surface area contributed by atoms with E-state index in [0.717, 1.165) is 0 Å². The number of hydrogen-bond acceptors (Lipinski definition) is 7. The molecule has 3 heterocycles. The molecule has 3 rings (SSSR count). The number of aliphatic hydroxyl groups is 1. The minimum Gasteiger partial charge on any atom is -0.477 e. The van der Waals surface area contributed by atoms with E-state index in [9.17, 15) is 24.6 Å². The molecule has 2 amide bonds. The number of hydrogen-bond donors (Lipinski definition) is 4. The van der Waals surface area contributed by atoms with Crippen molar-refractivity contribution in [1.29, 1.82) is 5.41 Å². The van der Waals surface area contributed by atoms with Crippen molar-refractivity contribution in [3.63, 3.8) is 0 Å². The van der Waals surface area contributed by atoms with Crippen molar-refractivity contribution in [2.75, 3.05) is 13.2 Å². The van der Waals surface area contributed by atoms with Crippen LogP contribution in [0.2, 0.25) is 0 Å². The summed E-state index contributed by atoms with van der Waals surface area (Å²) in [7, 11) is 0. The molecule has 0 saturated carbocycles. The smallest absolute Gasteiger partial charge is 0.404 e. The Balaban J connectivity index is 1.74. The average molecular weight is 412 g/mol. The minimum absolute atomic E-state index is 0.00754. The number of ether oxygens (including phenoxy) is 1. The van der Waals surface area contributed by atoms with Gasteiger partial charge in [-0.2, -0.15) is 0 Å². The summed E-state index contributed by atoms with van der Waals surface area (Å²) in [5.41, 5.74) is 5.02. The summed E-state index contributed by atoms with van der Waals surface area (Å²) in [5.74, 6) is -1.76. The van der Waals surface area contributed by atoms with Crippen molar-refractivity contribution in [2.45, 2.75) is 50.1 Å². The number of likely N-dealkylation sites (tertiary alicyclic amines) is 1. The van der Waals surface area contributed by atoms with Crippen LogP contribution in [-0.2, 0) is 14.3 Å². The molecule has 3 aliphatic heterocycles. The molecule has 0 aliphatic carbocycles. The third-order valence-corrected chi connectivity index (χ3v) is 6.74. The molecule has 2 fully saturated rings. The van der Waals surface area contributed by atoms with Crippen LogP contribution in [0.25, 0.3) is 0 Å². The van der Waals surface area contributed by atoms with Gasteiger partial charge in [-0.3, -0.25) is 10.2 Å². The zero-order chi connectivity index (χ0) is 20.7. The molecule has 0 radical (unpaired) electrons. The Morgan fingerprint density at radius 3 is 2.68 bits per heavy atom. The maximum atomic E-state index is 12.3. The predicted molar refractivity (Wildman–Crippen MR) is 101 cm³/mol. The number of nitrogens with two attached hydrogens (primary N) is 1. The lowest BCUT2D eigenvalue weighted by molar-refractivity contribution is -0.161. The summed E-state index contributed by atoms with van der Waals surface area (Å²) in [6.45, 7) is 3.74. The van der Waals surface area contributed by atoms with E-state index in [-0.39, 0.29) is 35.5 Å². The van der Waals surface area contributed by atoms with Crippen molar-refractivity contribution >= 4 is 35.6 Å². The quantitative estimate of drug-likeness (QED) is 0.273. The van der Waals surface area contributed by atoms with Gasteiger partial charge in [0.15, 0.2) is 0 Å². The number of β-lactam (4-membered cyclic amide) rings is 1. The lowest BCUT2D eigenvalue weighted by atomic mass is 9.83. The molecule has 0 aromatic rings. The van der Waals surface area contributed by atoms with Gasteiger partial charge >= 0.3 is 12.1 Å². The number of nitrogens with one attached hydrogen (secondary N) is 1. The number of primary amides is 1. The Morgan fingerprint density at radius 2 is 2.14 bits per heavy atom. The Hall–Kier alpha value is -2.27. The molecule has 3 aliphatic rings. The van der Waals surface area contributed by atoms with Crippen LogP contribution in [0.15, 0.2) is 10.6 Å². The first-order valence-electron chi connectivity index (χ1n) is 9.00. The number of amides is 2. The number of fused-ring (bicyclic) bond motifs is 1. The average Bonchev–Trinajstić information content (AvgIpc) is 3.12. The van der Waals surface area contributed by atoms with Gasteiger partial charge in [-0.05, 0) is 20.3 Å². The lowest BCUT2D eigenvalue weighted by Crippen LogP contribution is -2.61. The summed E-state index contributed by atoms with van der Waals surface area (Å²) < 4.78 is 4.89. The Morgan fingerprint density at radius 1 is 1.46 bits per heavy atom. The molecule has 154 valence electrons. The number of carbonyl (C=O) groups is 3. The number of carbonyl (C=O) groups excluding carboxylic acids is 2. The van der Waals surface area contributed by atoms with Crippen molar-refractivity contribution in [1.82, 2.24) is 9.80 Å². The van der Waals surface area contributed by atoms with Crippen LogP contribution in [0.3, 0.4) is 0 Å². The lowest BCUT2D eigenvalue weighted by Gasteiger charge is -2.44. The first-order chi connectivity index (χ1) is 13.1. The van der Waals surface area contributed by atoms with Gasteiger partial charge in [0, 0.05) is 23.1 Å². The van der Waals surface area contributed by atoms with Gasteiger partial charge in [0.1, 0.15) is 12.3 Å². The van der Waals surface area contributed by atoms with Crippen molar-refractivity contribution in [3.05, 3.63) is 10.6 Å². The van der Waals surface area contributed by atoms with Crippen LogP contribution in [0.4, 0.5) is 4.79 Å². The molecule has 2 saturated heterocycles. The molecule has 28 heavy (non-hydrogen) atoms. The van der Waals surface area contributed by atoms with E-state index < -0.39 is 24.1 Å². The molecule has 11 heteroatoms. The van der Waals surface area contributed by atoms with E-state index >= 15 is 0 Å². The van der Waals surface area contributed by atoms with Gasteiger partial charge in [0.2, 0.25) is 5.91 Å². The van der Waals surface area contributed by atoms with E-state index in [0.29, 0.717) is 30.1 Å². The second-order valence-corrected chi connectivity index (χ2v) is 8.72. The summed E-state index contributed by atoms with van der Waals surface area (Å²) >= 11 is 1.39. The molecule has 5 N–H and O–H groups in total. The summed E-state index contributed by atoms with van der Waals surface area (Å²) in [6, 6.07) is -0.529. The Bertz CT molecular complexity index is 754. The van der Waals surface area contributed by atoms with Crippen molar-refractivity contribution in [3.8, 4) is 0 Å². The zero-order valence-corrected chi connectivity index (χ0v) is 16.4. The fourth-order valence-corrected chi connectivity index (χ4v) is 5.76. The van der Waals surface area contributed by atoms with Gasteiger partial charge in [-0.25, -0.2) is 9.59 Å². The van der Waals surface area contributed by atoms with Crippen molar-refractivity contribution in [2.24, 2.45) is 11.7 Å². The fraction of sp³-hybridized carbons (Fsp3) is 0.647. The molecule has 10 nitrogen and oxygen atoms in total. The van der Waals surface area contributed by atoms with Crippen LogP contribution in [0, 0.1) is 11.3 Å². The van der Waals surface area contributed by atoms with Crippen molar-refractivity contribution < 1.29 is 29.3 Å². The molecule has 0 spiro atoms. The zero-order valence-electron chi connectivity index (χ0n) is 15.6. The van der Waals surface area contributed by atoms with Gasteiger partial charge < -0.3 is 30.5 Å². The first-order valence-corrected chi connectivity index (χ1v) is 9.88. The SMILES string of the molecule is CC(=N)N1CC(SC2=C(C(=O)O)N3C(=O)[C@H](C(C)O)[C@H]3C2)CC1COC(N)=O. The highest BCUT2D eigenvalue weighted by Gasteiger charge is 2.57. The van der Waals surface area contributed by atoms with E-state index in [1.54, 1.807) is 11.8 Å². The fourth-order valence-electron chi connectivity index (χ4n) is 4.24. The molecular formula is C17H24N4O6S. The Kier molecular flexibility index (Phi) is 5.57. The van der Waals surface area contributed by atoms with Crippen LogP contribution in [-0.4, -0.2) is 80.4 Å². The highest BCUT2D eigenvalue weighted by Crippen LogP contribution is 2.49. The third-order valence-electron chi connectivity index (χ3n) is 5.42. The van der Waals surface area contributed by atoms with Crippen LogP contribution in [0.5, 0.6) is 0 Å². The maximum absolute atomic E-state index is 12.3. The monoisotopic (exact) mass is 412 g/mol. The van der Waals surface area contributed by atoms with E-state index in [1.807, 2.05) is 0 Å². The van der Waals surface area contributed by atoms with E-state index in [2.05, 4.69) is 0 Å². The van der Waals surface area contributed by atoms with E-state index in [1.165, 1.54) is 23.6 Å². The number of nitrogens with zero attached hydrogens (tertiary/aromatic N) is 2. The number of amidine groups is 1. The summed E-state index contributed by atoms with van der Waals surface area (Å²) in [6.07, 6.45) is -0.720. The molecule has 5 atom stereocenters. The standard InChI is InChI=1S/C17H24N4O6S/c1-7(22)13-11-4-12(14(16(24)25)21(11)15(13)23)28-10-3-9(6-27-17(19)26)20(5-10)8(2)18/h7,9-11,13,18,22H,3-6H2,1-2H3,(H2,19,26)(H,24,25)/t7?,9?,10?,11-,13-/m1/s1. The van der Waals surface area contributed by atoms with Crippen LogP contribution >= 0.6 is 11.8 Å². The molecule has 3 unspecified atom stereocenters. The highest BCUT2D eigenvalue weighted by atomic mass is 32.2. The normalized spacial score (nSPS) is 30.2. The number of carboxylic acids is 1. The molecular weight excluding hydrogens is 388 g/mol. The van der Waals surface area contributed by atoms with Crippen LogP contribution < -0.4 is 5.73 Å². The largest absolute Gasteiger partial charge is 0.477 e. The molecule has 0 aromatic heterocycles. The summed E-state index contributed by atoms with van der Waals surface area (Å²) in [5, 5.41) is 27.3. The third kappa shape index (κ3) is 3.55. The second-order valence-electron chi connectivity index (χ2n) is 7.32. The highest BCUT2D eigenvalue weighted by molar-refractivity contribution is 8.03. The molecule has 0 aromatic carbocycles.